The molecule has 0 bridgehead atoms. The number of carbonyl (C=O) groups excluding carboxylic acids is 2. The number of ketones is 1. The van der Waals surface area contributed by atoms with Gasteiger partial charge in [0.15, 0.2) is 5.78 Å². The predicted molar refractivity (Wildman–Crippen MR) is 113 cm³/mol. The van der Waals surface area contributed by atoms with E-state index in [0.29, 0.717) is 11.1 Å². The molecule has 0 aliphatic rings. The van der Waals surface area contributed by atoms with Gasteiger partial charge in [0.05, 0.1) is 11.6 Å². The first kappa shape index (κ1) is 27.3. The number of benzene rings is 2. The van der Waals surface area contributed by atoms with Crippen LogP contribution in [0.4, 0.5) is 0 Å². The SMILES string of the molecule is CC(C)(C)NN.Cl.Cl.N#Cc1ccc(C(=O)c2ccccc2C(=O)Cl)cc1. The summed E-state index contributed by atoms with van der Waals surface area (Å²) in [6.07, 6.45) is 0. The van der Waals surface area contributed by atoms with Crippen molar-refractivity contribution in [2.24, 2.45) is 5.84 Å². The zero-order valence-electron chi connectivity index (χ0n) is 15.2. The molecule has 0 aliphatic heterocycles. The number of nitrogens with zero attached hydrogens (tertiary/aromatic N) is 1. The molecule has 146 valence electrons. The smallest absolute Gasteiger partial charge is 0.253 e. The highest BCUT2D eigenvalue weighted by Crippen LogP contribution is 2.17. The first-order valence-electron chi connectivity index (χ1n) is 7.51. The summed E-state index contributed by atoms with van der Waals surface area (Å²) in [5.41, 5.74) is 3.99. The zero-order valence-corrected chi connectivity index (χ0v) is 17.5. The highest BCUT2D eigenvalue weighted by atomic mass is 35.5. The summed E-state index contributed by atoms with van der Waals surface area (Å²) in [5, 5.41) is 8.04. The van der Waals surface area contributed by atoms with Crippen LogP contribution in [-0.2, 0) is 0 Å². The molecule has 8 heteroatoms. The summed E-state index contributed by atoms with van der Waals surface area (Å²) in [6, 6.07) is 14.6. The van der Waals surface area contributed by atoms with E-state index < -0.39 is 5.24 Å². The molecule has 2 aromatic rings. The topological polar surface area (TPSA) is 96.0 Å². The monoisotopic (exact) mass is 429 g/mol. The van der Waals surface area contributed by atoms with E-state index in [1.807, 2.05) is 26.8 Å². The van der Waals surface area contributed by atoms with Gasteiger partial charge in [0.2, 0.25) is 0 Å². The largest absolute Gasteiger partial charge is 0.289 e. The van der Waals surface area contributed by atoms with E-state index >= 15 is 0 Å². The van der Waals surface area contributed by atoms with Crippen molar-refractivity contribution in [2.75, 3.05) is 0 Å². The molecule has 27 heavy (non-hydrogen) atoms. The Kier molecular flexibility index (Phi) is 12.6. The maximum atomic E-state index is 12.3. The van der Waals surface area contributed by atoms with E-state index in [4.69, 9.17) is 22.7 Å². The summed E-state index contributed by atoms with van der Waals surface area (Å²) < 4.78 is 0. The zero-order chi connectivity index (χ0) is 19.0. The van der Waals surface area contributed by atoms with Crippen LogP contribution in [0.15, 0.2) is 48.5 Å². The summed E-state index contributed by atoms with van der Waals surface area (Å²) >= 11 is 5.45. The van der Waals surface area contributed by atoms with Gasteiger partial charge in [0.25, 0.3) is 5.24 Å². The van der Waals surface area contributed by atoms with Crippen molar-refractivity contribution in [1.29, 1.82) is 5.26 Å². The van der Waals surface area contributed by atoms with Gasteiger partial charge in [-0.3, -0.25) is 20.9 Å². The maximum absolute atomic E-state index is 12.3. The Bertz CT molecular complexity index is 795. The fraction of sp³-hybridized carbons (Fsp3) is 0.211. The van der Waals surface area contributed by atoms with E-state index in [1.165, 1.54) is 6.07 Å². The maximum Gasteiger partial charge on any atom is 0.253 e. The van der Waals surface area contributed by atoms with Gasteiger partial charge in [-0.2, -0.15) is 5.26 Å². The molecule has 0 fully saturated rings. The number of hydrogen-bond donors (Lipinski definition) is 2. The second kappa shape index (κ2) is 12.4. The van der Waals surface area contributed by atoms with Crippen LogP contribution < -0.4 is 11.3 Å². The summed E-state index contributed by atoms with van der Waals surface area (Å²) in [4.78, 5) is 23.5. The number of halogens is 3. The first-order valence-corrected chi connectivity index (χ1v) is 7.89. The van der Waals surface area contributed by atoms with Gasteiger partial charge in [-0.25, -0.2) is 0 Å². The van der Waals surface area contributed by atoms with Crippen molar-refractivity contribution < 1.29 is 9.59 Å². The molecule has 2 rings (SSSR count). The van der Waals surface area contributed by atoms with Gasteiger partial charge in [-0.1, -0.05) is 18.2 Å². The molecule has 0 atom stereocenters. The van der Waals surface area contributed by atoms with E-state index in [2.05, 4.69) is 5.43 Å². The van der Waals surface area contributed by atoms with Gasteiger partial charge in [0.1, 0.15) is 0 Å². The van der Waals surface area contributed by atoms with Crippen molar-refractivity contribution >= 4 is 47.4 Å². The lowest BCUT2D eigenvalue weighted by Crippen LogP contribution is -2.41. The molecule has 3 N–H and O–H groups in total. The van der Waals surface area contributed by atoms with Crippen molar-refractivity contribution in [3.05, 3.63) is 70.8 Å². The number of rotatable bonds is 3. The normalized spacial score (nSPS) is 9.48. The minimum Gasteiger partial charge on any atom is -0.289 e. The van der Waals surface area contributed by atoms with Crippen LogP contribution in [-0.4, -0.2) is 16.6 Å². The van der Waals surface area contributed by atoms with Gasteiger partial charge >= 0.3 is 0 Å². The fourth-order valence-electron chi connectivity index (χ4n) is 1.70. The Labute approximate surface area is 176 Å². The molecule has 0 radical (unpaired) electrons. The van der Waals surface area contributed by atoms with Crippen LogP contribution >= 0.6 is 36.4 Å². The molecular weight excluding hydrogens is 409 g/mol. The lowest BCUT2D eigenvalue weighted by Gasteiger charge is -2.14. The van der Waals surface area contributed by atoms with E-state index in [0.717, 1.165) is 0 Å². The van der Waals surface area contributed by atoms with E-state index in [1.54, 1.807) is 42.5 Å². The number of nitrogens with one attached hydrogen (secondary N) is 1. The third-order valence-electron chi connectivity index (χ3n) is 3.09. The summed E-state index contributed by atoms with van der Waals surface area (Å²) in [7, 11) is 0. The standard InChI is InChI=1S/C15H8ClNO2.C4H12N2.2ClH/c16-15(19)13-4-2-1-3-12(13)14(18)11-7-5-10(9-17)6-8-11;1-4(2,3)6-5;;/h1-8H;6H,5H2,1-3H3;2*1H. The number of carbonyl (C=O) groups is 2. The van der Waals surface area contributed by atoms with E-state index in [9.17, 15) is 9.59 Å². The van der Waals surface area contributed by atoms with Crippen LogP contribution in [0.3, 0.4) is 0 Å². The second-order valence-corrected chi connectivity index (χ2v) is 6.58. The van der Waals surface area contributed by atoms with Gasteiger partial charge in [0, 0.05) is 22.2 Å². The molecule has 0 spiro atoms. The minimum atomic E-state index is -0.669. The Morgan fingerprint density at radius 1 is 1.00 bits per heavy atom. The fourth-order valence-corrected chi connectivity index (χ4v) is 1.87. The van der Waals surface area contributed by atoms with Gasteiger partial charge in [-0.05, 0) is 62.7 Å². The lowest BCUT2D eigenvalue weighted by atomic mass is 9.98. The average molecular weight is 431 g/mol. The van der Waals surface area contributed by atoms with Crippen molar-refractivity contribution in [3.63, 3.8) is 0 Å². The van der Waals surface area contributed by atoms with Crippen LogP contribution in [0.1, 0.15) is 52.6 Å². The molecule has 0 unspecified atom stereocenters. The van der Waals surface area contributed by atoms with Gasteiger partial charge in [-0.15, -0.1) is 24.8 Å². The number of hydrogen-bond acceptors (Lipinski definition) is 5. The Balaban J connectivity index is 0. The Morgan fingerprint density at radius 2 is 1.44 bits per heavy atom. The van der Waals surface area contributed by atoms with Crippen LogP contribution in [0.25, 0.3) is 0 Å². The molecule has 0 amide bonds. The summed E-state index contributed by atoms with van der Waals surface area (Å²) in [5.74, 6) is 4.76. The lowest BCUT2D eigenvalue weighted by molar-refractivity contribution is 0.102. The molecule has 5 nitrogen and oxygen atoms in total. The van der Waals surface area contributed by atoms with Crippen LogP contribution in [0, 0.1) is 11.3 Å². The first-order chi connectivity index (χ1) is 11.7. The molecule has 0 heterocycles. The highest BCUT2D eigenvalue weighted by Gasteiger charge is 2.16. The van der Waals surface area contributed by atoms with Crippen molar-refractivity contribution in [3.8, 4) is 6.07 Å². The third-order valence-corrected chi connectivity index (χ3v) is 3.30. The van der Waals surface area contributed by atoms with Gasteiger partial charge < -0.3 is 0 Å². The van der Waals surface area contributed by atoms with Crippen LogP contribution in [0.2, 0.25) is 0 Å². The number of nitrogens with two attached hydrogens (primary N) is 1. The van der Waals surface area contributed by atoms with E-state index in [-0.39, 0.29) is 47.3 Å². The molecular formula is C19H22Cl3N3O2. The predicted octanol–water partition coefficient (Wildman–Crippen LogP) is 4.26. The molecule has 0 aromatic heterocycles. The Hall–Kier alpha value is -1.94. The average Bonchev–Trinajstić information content (AvgIpc) is 2.61. The van der Waals surface area contributed by atoms with Crippen molar-refractivity contribution in [1.82, 2.24) is 5.43 Å². The number of nitriles is 1. The minimum absolute atomic E-state index is 0. The molecule has 0 aliphatic carbocycles. The summed E-state index contributed by atoms with van der Waals surface area (Å²) in [6.45, 7) is 6.02. The second-order valence-electron chi connectivity index (χ2n) is 6.23. The third kappa shape index (κ3) is 9.00. The quantitative estimate of drug-likeness (QED) is 0.328. The highest BCUT2D eigenvalue weighted by molar-refractivity contribution is 6.68. The molecule has 0 saturated carbocycles. The van der Waals surface area contributed by atoms with Crippen molar-refractivity contribution in [2.45, 2.75) is 26.3 Å². The number of hydrazine groups is 1. The Morgan fingerprint density at radius 3 is 1.81 bits per heavy atom. The molecule has 2 aromatic carbocycles. The molecule has 0 saturated heterocycles. The van der Waals surface area contributed by atoms with Crippen LogP contribution in [0.5, 0.6) is 0 Å².